The molecule has 138 valence electrons. The monoisotopic (exact) mass is 387 g/mol. The van der Waals surface area contributed by atoms with E-state index in [1.165, 1.54) is 23.5 Å². The van der Waals surface area contributed by atoms with E-state index in [-0.39, 0.29) is 5.91 Å². The molecular formula is C21H25NO2S2. The number of amides is 1. The van der Waals surface area contributed by atoms with Crippen molar-refractivity contribution in [2.45, 2.75) is 24.5 Å². The van der Waals surface area contributed by atoms with E-state index in [0.29, 0.717) is 11.1 Å². The lowest BCUT2D eigenvalue weighted by Crippen LogP contribution is -2.26. The van der Waals surface area contributed by atoms with Crippen LogP contribution in [-0.2, 0) is 6.54 Å². The van der Waals surface area contributed by atoms with Crippen LogP contribution in [0, 0.1) is 6.92 Å². The first-order valence-corrected chi connectivity index (χ1v) is 10.9. The van der Waals surface area contributed by atoms with Crippen molar-refractivity contribution < 1.29 is 9.53 Å². The van der Waals surface area contributed by atoms with E-state index in [0.717, 1.165) is 22.4 Å². The van der Waals surface area contributed by atoms with Gasteiger partial charge in [0.2, 0.25) is 0 Å². The minimum absolute atomic E-state index is 0.0315. The molecule has 1 fully saturated rings. The van der Waals surface area contributed by atoms with Gasteiger partial charge in [0.15, 0.2) is 0 Å². The van der Waals surface area contributed by atoms with Crippen LogP contribution in [0.4, 0.5) is 0 Å². The Balaban J connectivity index is 1.69. The molecule has 3 rings (SSSR count). The van der Waals surface area contributed by atoms with Crippen LogP contribution in [0.25, 0.3) is 0 Å². The van der Waals surface area contributed by atoms with E-state index in [4.69, 9.17) is 4.74 Å². The number of rotatable bonds is 5. The van der Waals surface area contributed by atoms with Gasteiger partial charge in [0.25, 0.3) is 5.91 Å². The molecule has 0 N–H and O–H groups in total. The summed E-state index contributed by atoms with van der Waals surface area (Å²) in [6, 6.07) is 14.2. The minimum atomic E-state index is 0.0315. The summed E-state index contributed by atoms with van der Waals surface area (Å²) in [5.41, 5.74) is 4.22. The van der Waals surface area contributed by atoms with Crippen molar-refractivity contribution >= 4 is 29.4 Å². The van der Waals surface area contributed by atoms with E-state index in [1.807, 2.05) is 61.8 Å². The normalized spacial score (nSPS) is 14.9. The van der Waals surface area contributed by atoms with E-state index >= 15 is 0 Å². The number of methoxy groups -OCH3 is 1. The van der Waals surface area contributed by atoms with Crippen molar-refractivity contribution in [3.63, 3.8) is 0 Å². The second kappa shape index (κ2) is 8.87. The predicted molar refractivity (Wildman–Crippen MR) is 112 cm³/mol. The number of benzene rings is 2. The SMILES string of the molecule is COc1ccc(C)cc1CN(C)C(=O)c1ccc(C2SCCCS2)cc1. The van der Waals surface area contributed by atoms with Crippen LogP contribution in [0.15, 0.2) is 42.5 Å². The maximum atomic E-state index is 12.8. The molecule has 1 saturated heterocycles. The molecule has 0 atom stereocenters. The van der Waals surface area contributed by atoms with Crippen molar-refractivity contribution in [1.82, 2.24) is 4.90 Å². The van der Waals surface area contributed by atoms with Gasteiger partial charge in [-0.05, 0) is 48.6 Å². The Labute approximate surface area is 164 Å². The van der Waals surface area contributed by atoms with E-state index in [2.05, 4.69) is 18.2 Å². The van der Waals surface area contributed by atoms with E-state index in [1.54, 1.807) is 12.0 Å². The summed E-state index contributed by atoms with van der Waals surface area (Å²) >= 11 is 4.00. The highest BCUT2D eigenvalue weighted by atomic mass is 32.2. The van der Waals surface area contributed by atoms with Gasteiger partial charge >= 0.3 is 0 Å². The number of nitrogens with zero attached hydrogens (tertiary/aromatic N) is 1. The van der Waals surface area contributed by atoms with Crippen LogP contribution in [0.1, 0.15) is 38.1 Å². The summed E-state index contributed by atoms with van der Waals surface area (Å²) in [4.78, 5) is 14.5. The number of carbonyl (C=O) groups excluding carboxylic acids is 1. The molecule has 1 aliphatic heterocycles. The fourth-order valence-electron chi connectivity index (χ4n) is 3.04. The molecule has 1 amide bonds. The van der Waals surface area contributed by atoms with Gasteiger partial charge in [-0.2, -0.15) is 0 Å². The highest BCUT2D eigenvalue weighted by Crippen LogP contribution is 2.43. The number of hydrogen-bond donors (Lipinski definition) is 0. The van der Waals surface area contributed by atoms with Crippen LogP contribution < -0.4 is 4.74 Å². The Morgan fingerprint density at radius 2 is 1.85 bits per heavy atom. The predicted octanol–water partition coefficient (Wildman–Crippen LogP) is 5.14. The van der Waals surface area contributed by atoms with Crippen LogP contribution in [-0.4, -0.2) is 36.5 Å². The first kappa shape index (κ1) is 19.2. The van der Waals surface area contributed by atoms with Crippen molar-refractivity contribution in [3.8, 4) is 5.75 Å². The maximum absolute atomic E-state index is 12.8. The standard InChI is InChI=1S/C21H25NO2S2/c1-15-5-10-19(24-3)18(13-15)14-22(2)20(23)16-6-8-17(9-7-16)21-25-11-4-12-26-21/h5-10,13,21H,4,11-12,14H2,1-3H3. The zero-order valence-corrected chi connectivity index (χ0v) is 17.2. The summed E-state index contributed by atoms with van der Waals surface area (Å²) in [7, 11) is 3.50. The highest BCUT2D eigenvalue weighted by molar-refractivity contribution is 8.16. The van der Waals surface area contributed by atoms with Gasteiger partial charge in [-0.3, -0.25) is 4.79 Å². The number of carbonyl (C=O) groups is 1. The fourth-order valence-corrected chi connectivity index (χ4v) is 5.94. The summed E-state index contributed by atoms with van der Waals surface area (Å²) < 4.78 is 5.93. The molecule has 0 unspecified atom stereocenters. The lowest BCUT2D eigenvalue weighted by atomic mass is 10.1. The van der Waals surface area contributed by atoms with Crippen molar-refractivity contribution in [2.75, 3.05) is 25.7 Å². The van der Waals surface area contributed by atoms with E-state index in [9.17, 15) is 4.79 Å². The molecule has 0 aliphatic carbocycles. The molecular weight excluding hydrogens is 362 g/mol. The van der Waals surface area contributed by atoms with Gasteiger partial charge in [-0.1, -0.05) is 29.8 Å². The number of ether oxygens (including phenoxy) is 1. The summed E-state index contributed by atoms with van der Waals surface area (Å²) in [5.74, 6) is 3.29. The Morgan fingerprint density at radius 1 is 1.15 bits per heavy atom. The largest absolute Gasteiger partial charge is 0.496 e. The van der Waals surface area contributed by atoms with Gasteiger partial charge in [0.1, 0.15) is 5.75 Å². The van der Waals surface area contributed by atoms with Crippen LogP contribution in [0.2, 0.25) is 0 Å². The molecule has 0 aromatic heterocycles. The molecule has 5 heteroatoms. The zero-order chi connectivity index (χ0) is 18.5. The Kier molecular flexibility index (Phi) is 6.54. The summed E-state index contributed by atoms with van der Waals surface area (Å²) in [6.07, 6.45) is 1.29. The third-order valence-electron chi connectivity index (χ3n) is 4.45. The number of thioether (sulfide) groups is 2. The zero-order valence-electron chi connectivity index (χ0n) is 15.5. The molecule has 26 heavy (non-hydrogen) atoms. The first-order valence-electron chi connectivity index (χ1n) is 8.80. The quantitative estimate of drug-likeness (QED) is 0.710. The van der Waals surface area contributed by atoms with Crippen molar-refractivity contribution in [2.24, 2.45) is 0 Å². The van der Waals surface area contributed by atoms with Crippen molar-refractivity contribution in [3.05, 3.63) is 64.7 Å². The van der Waals surface area contributed by atoms with Gasteiger partial charge in [-0.25, -0.2) is 0 Å². The molecule has 1 aliphatic rings. The maximum Gasteiger partial charge on any atom is 0.253 e. The van der Waals surface area contributed by atoms with Crippen molar-refractivity contribution in [1.29, 1.82) is 0 Å². The highest BCUT2D eigenvalue weighted by Gasteiger charge is 2.18. The molecule has 0 saturated carbocycles. The lowest BCUT2D eigenvalue weighted by molar-refractivity contribution is 0.0784. The summed E-state index contributed by atoms with van der Waals surface area (Å²) in [6.45, 7) is 2.57. The molecule has 3 nitrogen and oxygen atoms in total. The smallest absolute Gasteiger partial charge is 0.253 e. The molecule has 2 aromatic rings. The molecule has 0 spiro atoms. The second-order valence-corrected chi connectivity index (χ2v) is 9.25. The Morgan fingerprint density at radius 3 is 2.50 bits per heavy atom. The average molecular weight is 388 g/mol. The third kappa shape index (κ3) is 4.57. The number of aryl methyl sites for hydroxylation is 1. The average Bonchev–Trinajstić information content (AvgIpc) is 2.68. The van der Waals surface area contributed by atoms with E-state index < -0.39 is 0 Å². The topological polar surface area (TPSA) is 29.5 Å². The second-order valence-electron chi connectivity index (χ2n) is 6.53. The van der Waals surface area contributed by atoms with Crippen LogP contribution >= 0.6 is 23.5 Å². The number of hydrogen-bond acceptors (Lipinski definition) is 4. The molecule has 2 aromatic carbocycles. The Hall–Kier alpha value is -1.59. The fraction of sp³-hybridized carbons (Fsp3) is 0.381. The Bertz CT molecular complexity index is 755. The summed E-state index contributed by atoms with van der Waals surface area (Å²) in [5, 5.41) is 0. The lowest BCUT2D eigenvalue weighted by Gasteiger charge is -2.22. The van der Waals surface area contributed by atoms with Gasteiger partial charge in [0.05, 0.1) is 11.7 Å². The van der Waals surface area contributed by atoms with Crippen LogP contribution in [0.5, 0.6) is 5.75 Å². The van der Waals surface area contributed by atoms with Gasteiger partial charge in [-0.15, -0.1) is 23.5 Å². The third-order valence-corrected chi connectivity index (χ3v) is 7.46. The molecule has 0 radical (unpaired) electrons. The van der Waals surface area contributed by atoms with Gasteiger partial charge < -0.3 is 9.64 Å². The first-order chi connectivity index (χ1) is 12.6. The molecule has 1 heterocycles. The van der Waals surface area contributed by atoms with Gasteiger partial charge in [0, 0.05) is 24.7 Å². The minimum Gasteiger partial charge on any atom is -0.496 e. The molecule has 0 bridgehead atoms. The van der Waals surface area contributed by atoms with Crippen LogP contribution in [0.3, 0.4) is 0 Å².